The molecule has 1 saturated carbocycles. The van der Waals surface area contributed by atoms with Gasteiger partial charge in [-0.05, 0) is 74.9 Å². The van der Waals surface area contributed by atoms with Crippen molar-refractivity contribution < 1.29 is 9.47 Å². The predicted molar refractivity (Wildman–Crippen MR) is 99.3 cm³/mol. The summed E-state index contributed by atoms with van der Waals surface area (Å²) in [4.78, 5) is 2.64. The van der Waals surface area contributed by atoms with Crippen molar-refractivity contribution in [3.8, 4) is 5.75 Å². The van der Waals surface area contributed by atoms with Crippen LogP contribution in [0.2, 0.25) is 0 Å². The summed E-state index contributed by atoms with van der Waals surface area (Å²) in [6.45, 7) is 2.11. The van der Waals surface area contributed by atoms with Gasteiger partial charge < -0.3 is 14.4 Å². The first kappa shape index (κ1) is 16.1. The Balaban J connectivity index is 1.58. The van der Waals surface area contributed by atoms with Crippen LogP contribution in [0.4, 0.5) is 0 Å². The fraction of sp³-hybridized carbons (Fsp3) is 0.727. The van der Waals surface area contributed by atoms with Gasteiger partial charge in [-0.3, -0.25) is 0 Å². The van der Waals surface area contributed by atoms with E-state index in [9.17, 15) is 0 Å². The van der Waals surface area contributed by atoms with Crippen molar-refractivity contribution in [2.45, 2.75) is 68.4 Å². The van der Waals surface area contributed by atoms with Crippen LogP contribution in [-0.2, 0) is 16.6 Å². The first-order valence-electron chi connectivity index (χ1n) is 10.2. The lowest BCUT2D eigenvalue weighted by Gasteiger charge is -2.62. The molecule has 4 aliphatic rings. The van der Waals surface area contributed by atoms with Crippen LogP contribution in [0.3, 0.4) is 0 Å². The molecule has 2 aliphatic heterocycles. The Morgan fingerprint density at radius 2 is 2.00 bits per heavy atom. The smallest absolute Gasteiger partial charge is 0.119 e. The molecule has 1 spiro atoms. The second kappa shape index (κ2) is 5.72. The van der Waals surface area contributed by atoms with Crippen LogP contribution in [0.25, 0.3) is 0 Å². The van der Waals surface area contributed by atoms with Gasteiger partial charge in [0.2, 0.25) is 0 Å². The van der Waals surface area contributed by atoms with Crippen molar-refractivity contribution in [2.24, 2.45) is 5.92 Å². The topological polar surface area (TPSA) is 21.7 Å². The molecule has 2 aliphatic carbocycles. The van der Waals surface area contributed by atoms with E-state index in [1.165, 1.54) is 69.0 Å². The van der Waals surface area contributed by atoms with Crippen molar-refractivity contribution >= 4 is 0 Å². The van der Waals surface area contributed by atoms with Gasteiger partial charge in [0.15, 0.2) is 0 Å². The number of piperidine rings is 1. The zero-order valence-corrected chi connectivity index (χ0v) is 15.7. The standard InChI is InChI=1S/C22H31NO2/c1-23-11-10-22-15-25-21(8-4-3-5-9-21)14-19(22)20(23)12-16-6-7-17(24-2)13-18(16)22/h6-7,13,19-20H,3-5,8-12,14-15H2,1-2H3/t19-,20+,22+/m0/s1. The average molecular weight is 341 g/mol. The third-order valence-electron chi connectivity index (χ3n) is 7.93. The number of benzene rings is 1. The number of fused-ring (bicyclic) bond motifs is 1. The minimum atomic E-state index is 0.180. The van der Waals surface area contributed by atoms with Crippen molar-refractivity contribution in [2.75, 3.05) is 27.3 Å². The second-order valence-corrected chi connectivity index (χ2v) is 9.02. The summed E-state index contributed by atoms with van der Waals surface area (Å²) in [6, 6.07) is 7.45. The van der Waals surface area contributed by atoms with E-state index in [1.807, 2.05) is 0 Å². The Morgan fingerprint density at radius 3 is 2.80 bits per heavy atom. The maximum atomic E-state index is 6.76. The molecule has 3 nitrogen and oxygen atoms in total. The third kappa shape index (κ3) is 2.31. The molecule has 0 aromatic heterocycles. The Kier molecular flexibility index (Phi) is 3.69. The Morgan fingerprint density at radius 1 is 1.16 bits per heavy atom. The SMILES string of the molecule is COc1ccc2c(c1)[C@]13CCN(C)[C@H](C2)[C@@H]1CC1(CCCCC1)OC3. The average Bonchev–Trinajstić information content (AvgIpc) is 2.65. The minimum Gasteiger partial charge on any atom is -0.497 e. The van der Waals surface area contributed by atoms with Gasteiger partial charge in [0.05, 0.1) is 19.3 Å². The molecule has 2 saturated heterocycles. The number of hydrogen-bond donors (Lipinski definition) is 0. The fourth-order valence-corrected chi connectivity index (χ4v) is 6.46. The zero-order chi connectivity index (χ0) is 17.1. The monoisotopic (exact) mass is 341 g/mol. The van der Waals surface area contributed by atoms with E-state index in [0.717, 1.165) is 18.3 Å². The lowest BCUT2D eigenvalue weighted by Crippen LogP contribution is -2.65. The van der Waals surface area contributed by atoms with E-state index in [-0.39, 0.29) is 11.0 Å². The summed E-state index contributed by atoms with van der Waals surface area (Å²) in [5.74, 6) is 1.74. The molecular formula is C22H31NO2. The molecule has 0 N–H and O–H groups in total. The van der Waals surface area contributed by atoms with Crippen molar-refractivity contribution in [3.63, 3.8) is 0 Å². The van der Waals surface area contributed by atoms with E-state index < -0.39 is 0 Å². The van der Waals surface area contributed by atoms with Gasteiger partial charge in [0.25, 0.3) is 0 Å². The Labute approximate surface area is 151 Å². The highest BCUT2D eigenvalue weighted by Gasteiger charge is 2.58. The van der Waals surface area contributed by atoms with Crippen LogP contribution < -0.4 is 4.74 Å². The lowest BCUT2D eigenvalue weighted by atomic mass is 9.53. The van der Waals surface area contributed by atoms with Crippen molar-refractivity contribution in [1.82, 2.24) is 4.90 Å². The molecule has 3 heteroatoms. The van der Waals surface area contributed by atoms with Gasteiger partial charge in [-0.2, -0.15) is 0 Å². The molecule has 0 radical (unpaired) electrons. The number of rotatable bonds is 1. The number of ether oxygens (including phenoxy) is 2. The van der Waals surface area contributed by atoms with Gasteiger partial charge in [-0.1, -0.05) is 25.3 Å². The number of hydrogen-bond acceptors (Lipinski definition) is 3. The maximum absolute atomic E-state index is 6.76. The fourth-order valence-electron chi connectivity index (χ4n) is 6.46. The first-order chi connectivity index (χ1) is 12.2. The Hall–Kier alpha value is -1.06. The third-order valence-corrected chi connectivity index (χ3v) is 7.93. The Bertz CT molecular complexity index is 666. The number of likely N-dealkylation sites (N-methyl/N-ethyl adjacent to an activating group) is 1. The highest BCUT2D eigenvalue weighted by Crippen LogP contribution is 2.57. The number of methoxy groups -OCH3 is 1. The molecule has 3 fully saturated rings. The lowest BCUT2D eigenvalue weighted by molar-refractivity contribution is -0.180. The van der Waals surface area contributed by atoms with Gasteiger partial charge in [-0.25, -0.2) is 0 Å². The molecule has 25 heavy (non-hydrogen) atoms. The normalized spacial score (nSPS) is 36.6. The molecule has 1 aromatic carbocycles. The summed E-state index contributed by atoms with van der Waals surface area (Å²) < 4.78 is 12.3. The van der Waals surface area contributed by atoms with Crippen LogP contribution in [0.15, 0.2) is 18.2 Å². The zero-order valence-electron chi connectivity index (χ0n) is 15.7. The largest absolute Gasteiger partial charge is 0.497 e. The summed E-state index contributed by atoms with van der Waals surface area (Å²) in [6.07, 6.45) is 10.3. The van der Waals surface area contributed by atoms with Gasteiger partial charge in [0, 0.05) is 11.5 Å². The second-order valence-electron chi connectivity index (χ2n) is 9.02. The highest BCUT2D eigenvalue weighted by molar-refractivity contribution is 5.46. The van der Waals surface area contributed by atoms with Crippen LogP contribution in [-0.4, -0.2) is 43.9 Å². The van der Waals surface area contributed by atoms with Gasteiger partial charge in [0.1, 0.15) is 5.75 Å². The molecule has 1 aromatic rings. The number of likely N-dealkylation sites (tertiary alicyclic amines) is 1. The van der Waals surface area contributed by atoms with Crippen molar-refractivity contribution in [1.29, 1.82) is 0 Å². The van der Waals surface area contributed by atoms with E-state index >= 15 is 0 Å². The molecule has 0 unspecified atom stereocenters. The van der Waals surface area contributed by atoms with E-state index in [1.54, 1.807) is 7.11 Å². The van der Waals surface area contributed by atoms with Crippen molar-refractivity contribution in [3.05, 3.63) is 29.3 Å². The predicted octanol–water partition coefficient (Wildman–Crippen LogP) is 3.93. The van der Waals surface area contributed by atoms with Crippen LogP contribution in [0.5, 0.6) is 5.75 Å². The summed E-state index contributed by atoms with van der Waals surface area (Å²) in [7, 11) is 4.12. The first-order valence-corrected chi connectivity index (χ1v) is 10.2. The number of nitrogens with zero attached hydrogens (tertiary/aromatic N) is 1. The molecule has 2 bridgehead atoms. The molecule has 2 heterocycles. The quantitative estimate of drug-likeness (QED) is 0.772. The molecule has 136 valence electrons. The summed E-state index contributed by atoms with van der Waals surface area (Å²) in [5.41, 5.74) is 3.45. The van der Waals surface area contributed by atoms with Crippen LogP contribution >= 0.6 is 0 Å². The molecule has 0 amide bonds. The van der Waals surface area contributed by atoms with Crippen LogP contribution in [0, 0.1) is 5.92 Å². The van der Waals surface area contributed by atoms with Gasteiger partial charge in [-0.15, -0.1) is 0 Å². The van der Waals surface area contributed by atoms with Gasteiger partial charge >= 0.3 is 0 Å². The summed E-state index contributed by atoms with van der Waals surface area (Å²) >= 11 is 0. The van der Waals surface area contributed by atoms with E-state index in [0.29, 0.717) is 6.04 Å². The van der Waals surface area contributed by atoms with E-state index in [4.69, 9.17) is 9.47 Å². The molecular weight excluding hydrogens is 310 g/mol. The highest BCUT2D eigenvalue weighted by atomic mass is 16.5. The molecule has 3 atom stereocenters. The minimum absolute atomic E-state index is 0.180. The summed E-state index contributed by atoms with van der Waals surface area (Å²) in [5, 5.41) is 0. The molecule has 5 rings (SSSR count). The van der Waals surface area contributed by atoms with E-state index in [2.05, 4.69) is 30.1 Å². The maximum Gasteiger partial charge on any atom is 0.119 e. The van der Waals surface area contributed by atoms with Crippen LogP contribution in [0.1, 0.15) is 56.1 Å².